The number of carboxylic acid groups (broad SMARTS) is 5. The molecule has 0 fully saturated rings. The van der Waals surface area contributed by atoms with E-state index in [-0.39, 0.29) is 32.0 Å². The fourth-order valence-electron chi connectivity index (χ4n) is 3.77. The summed E-state index contributed by atoms with van der Waals surface area (Å²) in [6.45, 7) is -2.01. The molecule has 1 aromatic rings. The van der Waals surface area contributed by atoms with Crippen molar-refractivity contribution in [3.63, 3.8) is 0 Å². The van der Waals surface area contributed by atoms with E-state index in [2.05, 4.69) is 5.32 Å². The molecule has 1 aromatic carbocycles. The first-order valence-corrected chi connectivity index (χ1v) is 11.4. The van der Waals surface area contributed by atoms with Gasteiger partial charge in [-0.25, -0.2) is 0 Å². The Morgan fingerprint density at radius 2 is 1.11 bits per heavy atom. The van der Waals surface area contributed by atoms with Gasteiger partial charge in [0.2, 0.25) is 5.91 Å². The Morgan fingerprint density at radius 1 is 0.684 bits per heavy atom. The minimum absolute atomic E-state index is 0.0845. The summed E-state index contributed by atoms with van der Waals surface area (Å²) in [5.74, 6) is -6.66. The Morgan fingerprint density at radius 3 is 1.53 bits per heavy atom. The topological polar surface area (TPSA) is 225 Å². The minimum Gasteiger partial charge on any atom is -0.480 e. The van der Waals surface area contributed by atoms with E-state index in [0.29, 0.717) is 11.3 Å². The predicted molar refractivity (Wildman–Crippen MR) is 131 cm³/mol. The third-order valence-corrected chi connectivity index (χ3v) is 5.22. The molecule has 0 aliphatic carbocycles. The van der Waals surface area contributed by atoms with Gasteiger partial charge in [-0.3, -0.25) is 43.5 Å². The number of benzene rings is 1. The van der Waals surface area contributed by atoms with Crippen LogP contribution in [0.3, 0.4) is 0 Å². The van der Waals surface area contributed by atoms with Crippen molar-refractivity contribution >= 4 is 41.4 Å². The van der Waals surface area contributed by atoms with Crippen molar-refractivity contribution in [3.8, 4) is 0 Å². The molecule has 1 unspecified atom stereocenters. The van der Waals surface area contributed by atoms with Gasteiger partial charge in [0, 0.05) is 38.3 Å². The first-order valence-electron chi connectivity index (χ1n) is 11.4. The van der Waals surface area contributed by atoms with Gasteiger partial charge >= 0.3 is 29.8 Å². The molecular weight excluding hydrogens is 508 g/mol. The Balaban J connectivity index is 3.23. The summed E-state index contributed by atoms with van der Waals surface area (Å²) < 4.78 is 0. The van der Waals surface area contributed by atoms with Crippen LogP contribution in [0.1, 0.15) is 12.5 Å². The van der Waals surface area contributed by atoms with Crippen LogP contribution in [-0.2, 0) is 35.2 Å². The molecule has 15 nitrogen and oxygen atoms in total. The van der Waals surface area contributed by atoms with Crippen LogP contribution < -0.4 is 5.32 Å². The molecule has 0 spiro atoms. The highest BCUT2D eigenvalue weighted by atomic mass is 16.4. The Hall–Kier alpha value is -4.08. The number of aliphatic carboxylic acids is 5. The lowest BCUT2D eigenvalue weighted by molar-refractivity contribution is -0.144. The largest absolute Gasteiger partial charge is 0.480 e. The number of carbonyl (C=O) groups excluding carboxylic acids is 1. The molecule has 15 heteroatoms. The third-order valence-electron chi connectivity index (χ3n) is 5.22. The van der Waals surface area contributed by atoms with Gasteiger partial charge in [0.25, 0.3) is 0 Å². The Kier molecular flexibility index (Phi) is 13.4. The van der Waals surface area contributed by atoms with E-state index in [1.807, 2.05) is 0 Å². The van der Waals surface area contributed by atoms with Gasteiger partial charge in [0.05, 0.1) is 32.7 Å². The Bertz CT molecular complexity index is 968. The predicted octanol–water partition coefficient (Wildman–Crippen LogP) is -1.11. The lowest BCUT2D eigenvalue weighted by Gasteiger charge is -2.34. The van der Waals surface area contributed by atoms with Crippen molar-refractivity contribution in [1.29, 1.82) is 0 Å². The zero-order valence-corrected chi connectivity index (χ0v) is 20.8. The van der Waals surface area contributed by atoms with E-state index >= 15 is 0 Å². The average Bonchev–Trinajstić information content (AvgIpc) is 2.75. The van der Waals surface area contributed by atoms with Gasteiger partial charge in [0.1, 0.15) is 0 Å². The van der Waals surface area contributed by atoms with E-state index in [1.165, 1.54) is 16.7 Å². The molecule has 0 saturated carbocycles. The summed E-state index contributed by atoms with van der Waals surface area (Å²) in [7, 11) is 0. The summed E-state index contributed by atoms with van der Waals surface area (Å²) in [6, 6.07) is 5.72. The van der Waals surface area contributed by atoms with Crippen molar-refractivity contribution in [2.75, 3.05) is 57.7 Å². The van der Waals surface area contributed by atoms with Crippen molar-refractivity contribution < 1.29 is 54.3 Å². The smallest absolute Gasteiger partial charge is 0.317 e. The van der Waals surface area contributed by atoms with Crippen LogP contribution in [0.5, 0.6) is 0 Å². The molecule has 0 aliphatic heterocycles. The zero-order valence-electron chi connectivity index (χ0n) is 20.8. The fraction of sp³-hybridized carbons (Fsp3) is 0.478. The van der Waals surface area contributed by atoms with Crippen molar-refractivity contribution in [2.45, 2.75) is 19.4 Å². The number of hydrogen-bond acceptors (Lipinski definition) is 9. The molecule has 1 amide bonds. The van der Waals surface area contributed by atoms with E-state index in [9.17, 15) is 44.1 Å². The van der Waals surface area contributed by atoms with Gasteiger partial charge in [0.15, 0.2) is 0 Å². The van der Waals surface area contributed by atoms with Gasteiger partial charge in [-0.1, -0.05) is 12.1 Å². The van der Waals surface area contributed by atoms with Crippen molar-refractivity contribution in [2.24, 2.45) is 0 Å². The van der Waals surface area contributed by atoms with Gasteiger partial charge < -0.3 is 30.8 Å². The summed E-state index contributed by atoms with van der Waals surface area (Å²) >= 11 is 0. The second kappa shape index (κ2) is 15.9. The molecule has 210 valence electrons. The first-order chi connectivity index (χ1) is 17.7. The van der Waals surface area contributed by atoms with Crippen LogP contribution >= 0.6 is 0 Å². The summed E-state index contributed by atoms with van der Waals surface area (Å²) in [5.41, 5.74) is 1.16. The van der Waals surface area contributed by atoms with E-state index < -0.39 is 68.6 Å². The molecule has 0 aliphatic rings. The zero-order chi connectivity index (χ0) is 28.8. The Labute approximate surface area is 217 Å². The molecule has 0 saturated heterocycles. The normalized spacial score (nSPS) is 11.9. The quantitative estimate of drug-likeness (QED) is 0.122. The van der Waals surface area contributed by atoms with E-state index in [0.717, 1.165) is 4.90 Å². The lowest BCUT2D eigenvalue weighted by atomic mass is 10.0. The molecular formula is C23H32N4O11. The van der Waals surface area contributed by atoms with Gasteiger partial charge in [-0.2, -0.15) is 0 Å². The molecule has 1 rings (SSSR count). The van der Waals surface area contributed by atoms with Gasteiger partial charge in [-0.15, -0.1) is 0 Å². The van der Waals surface area contributed by atoms with Crippen molar-refractivity contribution in [3.05, 3.63) is 29.8 Å². The number of carboxylic acids is 5. The van der Waals surface area contributed by atoms with Crippen LogP contribution in [0.4, 0.5) is 5.69 Å². The fourth-order valence-corrected chi connectivity index (χ4v) is 3.77. The van der Waals surface area contributed by atoms with Crippen LogP contribution in [0.2, 0.25) is 0 Å². The highest BCUT2D eigenvalue weighted by Crippen LogP contribution is 2.15. The second-order valence-electron chi connectivity index (χ2n) is 8.56. The number of carbonyl (C=O) groups is 6. The van der Waals surface area contributed by atoms with E-state index in [4.69, 9.17) is 10.2 Å². The highest BCUT2D eigenvalue weighted by molar-refractivity contribution is 5.88. The van der Waals surface area contributed by atoms with Crippen LogP contribution in [-0.4, -0.2) is 134 Å². The number of hydrogen-bond donors (Lipinski definition) is 6. The number of amides is 1. The number of nitrogens with one attached hydrogen (secondary N) is 1. The SMILES string of the molecule is CC(=O)Nc1ccc(CC(CN(CCN(CC(=O)O)CC(=O)O)CC(=O)O)N(CC(=O)O)CC(=O)O)cc1. The maximum atomic E-state index is 11.5. The number of nitrogens with zero attached hydrogens (tertiary/aromatic N) is 3. The van der Waals surface area contributed by atoms with Crippen LogP contribution in [0.25, 0.3) is 0 Å². The minimum atomic E-state index is -1.30. The first kappa shape index (κ1) is 31.9. The summed E-state index contributed by atoms with van der Waals surface area (Å²) in [5, 5.41) is 48.8. The molecule has 0 heterocycles. The number of rotatable bonds is 19. The number of anilines is 1. The van der Waals surface area contributed by atoms with Gasteiger partial charge in [-0.05, 0) is 24.1 Å². The van der Waals surface area contributed by atoms with Crippen molar-refractivity contribution in [1.82, 2.24) is 14.7 Å². The van der Waals surface area contributed by atoms with Crippen LogP contribution in [0.15, 0.2) is 24.3 Å². The molecule has 0 aromatic heterocycles. The monoisotopic (exact) mass is 540 g/mol. The molecule has 38 heavy (non-hydrogen) atoms. The summed E-state index contributed by atoms with van der Waals surface area (Å²) in [6.07, 6.45) is 0.116. The second-order valence-corrected chi connectivity index (χ2v) is 8.56. The molecule has 0 radical (unpaired) electrons. The van der Waals surface area contributed by atoms with E-state index in [1.54, 1.807) is 24.3 Å². The highest BCUT2D eigenvalue weighted by Gasteiger charge is 2.27. The molecule has 1 atom stereocenters. The lowest BCUT2D eigenvalue weighted by Crippen LogP contribution is -2.51. The summed E-state index contributed by atoms with van der Waals surface area (Å²) in [4.78, 5) is 71.6. The maximum Gasteiger partial charge on any atom is 0.317 e. The standard InChI is InChI=1S/C23H32N4O11/c1-15(28)24-17-4-2-16(3-5-17)8-18(27(13-22(35)36)14-23(37)38)9-25(10-19(29)30)6-7-26(11-20(31)32)12-21(33)34/h2-5,18H,6-14H2,1H3,(H,24,28)(H,29,30)(H,31,32)(H,33,34)(H,35,36)(H,37,38). The molecule has 6 N–H and O–H groups in total. The third kappa shape index (κ3) is 13.9. The van der Waals surface area contributed by atoms with Crippen LogP contribution in [0, 0.1) is 0 Å². The average molecular weight is 541 g/mol. The molecule has 0 bridgehead atoms. The maximum absolute atomic E-state index is 11.5.